The number of imidazole rings is 1. The number of piperidine rings is 1. The molecule has 0 spiro atoms. The maximum Gasteiger partial charge on any atom is 0.194 e. The van der Waals surface area contributed by atoms with Crippen molar-refractivity contribution in [2.45, 2.75) is 32.9 Å². The van der Waals surface area contributed by atoms with Crippen molar-refractivity contribution in [1.29, 1.82) is 0 Å². The third kappa shape index (κ3) is 6.11. The number of nitrogens with one attached hydrogen (secondary N) is 1. The molecule has 2 saturated heterocycles. The van der Waals surface area contributed by atoms with E-state index in [4.69, 9.17) is 4.99 Å². The highest BCUT2D eigenvalue weighted by Crippen LogP contribution is 2.27. The van der Waals surface area contributed by atoms with Crippen LogP contribution in [0.15, 0.2) is 54.0 Å². The number of benzene rings is 1. The van der Waals surface area contributed by atoms with Crippen molar-refractivity contribution < 1.29 is 0 Å². The molecule has 0 radical (unpaired) electrons. The predicted molar refractivity (Wildman–Crippen MR) is 131 cm³/mol. The Labute approximate surface area is 193 Å². The number of nitrogens with zero attached hydrogens (tertiary/aromatic N) is 6. The Morgan fingerprint density at radius 1 is 1.09 bits per heavy atom. The molecule has 0 bridgehead atoms. The molecule has 2 atom stereocenters. The lowest BCUT2D eigenvalue weighted by Crippen LogP contribution is -2.49. The van der Waals surface area contributed by atoms with Gasteiger partial charge in [-0.15, -0.1) is 0 Å². The fourth-order valence-corrected chi connectivity index (χ4v) is 4.83. The van der Waals surface area contributed by atoms with E-state index in [1.54, 1.807) is 0 Å². The van der Waals surface area contributed by atoms with Crippen LogP contribution >= 0.6 is 0 Å². The lowest BCUT2D eigenvalue weighted by atomic mass is 9.93. The second-order valence-corrected chi connectivity index (χ2v) is 9.13. The summed E-state index contributed by atoms with van der Waals surface area (Å²) in [4.78, 5) is 16.8. The molecule has 2 fully saturated rings. The van der Waals surface area contributed by atoms with Gasteiger partial charge in [0.1, 0.15) is 0 Å². The molecule has 7 heteroatoms. The average Bonchev–Trinajstić information content (AvgIpc) is 3.35. The van der Waals surface area contributed by atoms with Gasteiger partial charge in [-0.2, -0.15) is 0 Å². The van der Waals surface area contributed by atoms with E-state index >= 15 is 0 Å². The van der Waals surface area contributed by atoms with Gasteiger partial charge in [-0.1, -0.05) is 37.3 Å². The summed E-state index contributed by atoms with van der Waals surface area (Å²) in [5, 5.41) is 3.53. The molecule has 1 aromatic heterocycles. The first-order chi connectivity index (χ1) is 15.7. The third-order valence-corrected chi connectivity index (χ3v) is 6.85. The van der Waals surface area contributed by atoms with E-state index in [-0.39, 0.29) is 0 Å². The Morgan fingerprint density at radius 2 is 1.88 bits per heavy atom. The van der Waals surface area contributed by atoms with E-state index in [2.05, 4.69) is 79.9 Å². The van der Waals surface area contributed by atoms with Crippen molar-refractivity contribution in [2.75, 3.05) is 58.9 Å². The highest BCUT2D eigenvalue weighted by molar-refractivity contribution is 5.80. The van der Waals surface area contributed by atoms with Gasteiger partial charge in [-0.25, -0.2) is 4.98 Å². The minimum atomic E-state index is 0.452. The molecule has 2 unspecified atom stereocenters. The topological polar surface area (TPSA) is 51.9 Å². The Hall–Kier alpha value is -2.38. The minimum Gasteiger partial charge on any atom is -0.357 e. The van der Waals surface area contributed by atoms with Crippen LogP contribution in [0.2, 0.25) is 0 Å². The standard InChI is InChI=1S/C25H39N7/c1-3-27-25(31-12-9-22(2)24(20-31)32-14-10-26-21-32)28-11-13-29-15-17-30(18-16-29)19-23-7-5-4-6-8-23/h4-8,10,14,21-22,24H,3,9,11-13,15-20H2,1-2H3,(H,27,28). The van der Waals surface area contributed by atoms with Gasteiger partial charge in [-0.05, 0) is 24.8 Å². The number of rotatable bonds is 7. The molecule has 7 nitrogen and oxygen atoms in total. The van der Waals surface area contributed by atoms with Crippen LogP contribution in [-0.2, 0) is 6.54 Å². The van der Waals surface area contributed by atoms with Crippen molar-refractivity contribution in [3.63, 3.8) is 0 Å². The molecule has 0 amide bonds. The first kappa shape index (κ1) is 22.8. The van der Waals surface area contributed by atoms with Gasteiger partial charge >= 0.3 is 0 Å². The van der Waals surface area contributed by atoms with Crippen molar-refractivity contribution in [2.24, 2.45) is 10.9 Å². The molecule has 1 aromatic carbocycles. The predicted octanol–water partition coefficient (Wildman–Crippen LogP) is 2.55. The average molecular weight is 438 g/mol. The molecule has 2 aliphatic rings. The van der Waals surface area contributed by atoms with Gasteiger partial charge in [0.05, 0.1) is 18.9 Å². The lowest BCUT2D eigenvalue weighted by Gasteiger charge is -2.39. The molecular weight excluding hydrogens is 398 g/mol. The summed E-state index contributed by atoms with van der Waals surface area (Å²) < 4.78 is 2.26. The first-order valence-corrected chi connectivity index (χ1v) is 12.2. The summed E-state index contributed by atoms with van der Waals surface area (Å²) in [7, 11) is 0. The third-order valence-electron chi connectivity index (χ3n) is 6.85. The molecule has 3 heterocycles. The summed E-state index contributed by atoms with van der Waals surface area (Å²) in [6.45, 7) is 14.9. The summed E-state index contributed by atoms with van der Waals surface area (Å²) in [5.74, 6) is 1.71. The molecule has 2 aromatic rings. The molecule has 0 aliphatic carbocycles. The van der Waals surface area contributed by atoms with Crippen LogP contribution in [0, 0.1) is 5.92 Å². The minimum absolute atomic E-state index is 0.452. The number of likely N-dealkylation sites (tertiary alicyclic amines) is 1. The second kappa shape index (κ2) is 11.5. The van der Waals surface area contributed by atoms with Crippen LogP contribution in [0.5, 0.6) is 0 Å². The summed E-state index contributed by atoms with van der Waals surface area (Å²) in [6.07, 6.45) is 7.10. The zero-order valence-corrected chi connectivity index (χ0v) is 19.7. The fourth-order valence-electron chi connectivity index (χ4n) is 4.83. The Bertz CT molecular complexity index is 812. The molecule has 4 rings (SSSR count). The maximum atomic E-state index is 5.01. The van der Waals surface area contributed by atoms with Gasteiger partial charge in [-0.3, -0.25) is 14.8 Å². The van der Waals surface area contributed by atoms with Gasteiger partial charge in [0, 0.05) is 71.3 Å². The van der Waals surface area contributed by atoms with Crippen LogP contribution in [0.3, 0.4) is 0 Å². The van der Waals surface area contributed by atoms with Gasteiger partial charge in [0.2, 0.25) is 0 Å². The highest BCUT2D eigenvalue weighted by atomic mass is 15.3. The Balaban J connectivity index is 1.26. The monoisotopic (exact) mass is 437 g/mol. The van der Waals surface area contributed by atoms with E-state index in [0.29, 0.717) is 12.0 Å². The van der Waals surface area contributed by atoms with Gasteiger partial charge in [0.25, 0.3) is 0 Å². The first-order valence-electron chi connectivity index (χ1n) is 12.2. The van der Waals surface area contributed by atoms with E-state index in [1.807, 2.05) is 12.5 Å². The Kier molecular flexibility index (Phi) is 8.18. The molecule has 0 saturated carbocycles. The lowest BCUT2D eigenvalue weighted by molar-refractivity contribution is 0.129. The number of piperazine rings is 1. The maximum absolute atomic E-state index is 5.01. The number of aromatic nitrogens is 2. The largest absolute Gasteiger partial charge is 0.357 e. The second-order valence-electron chi connectivity index (χ2n) is 9.13. The number of hydrogen-bond donors (Lipinski definition) is 1. The van der Waals surface area contributed by atoms with E-state index in [9.17, 15) is 0 Å². The smallest absolute Gasteiger partial charge is 0.194 e. The van der Waals surface area contributed by atoms with Crippen molar-refractivity contribution in [3.8, 4) is 0 Å². The summed E-state index contributed by atoms with van der Waals surface area (Å²) >= 11 is 0. The van der Waals surface area contributed by atoms with E-state index < -0.39 is 0 Å². The number of aliphatic imine (C=N–C) groups is 1. The summed E-state index contributed by atoms with van der Waals surface area (Å²) in [6, 6.07) is 11.3. The van der Waals surface area contributed by atoms with Gasteiger partial charge < -0.3 is 14.8 Å². The van der Waals surface area contributed by atoms with E-state index in [1.165, 1.54) is 12.0 Å². The summed E-state index contributed by atoms with van der Waals surface area (Å²) in [5.41, 5.74) is 1.41. The van der Waals surface area contributed by atoms with Gasteiger partial charge in [0.15, 0.2) is 5.96 Å². The van der Waals surface area contributed by atoms with Crippen LogP contribution in [0.1, 0.15) is 31.9 Å². The number of hydrogen-bond acceptors (Lipinski definition) is 4. The molecule has 32 heavy (non-hydrogen) atoms. The van der Waals surface area contributed by atoms with Crippen molar-refractivity contribution in [3.05, 3.63) is 54.6 Å². The normalized spacial score (nSPS) is 23.4. The SMILES string of the molecule is CCNC(=NCCN1CCN(Cc2ccccc2)CC1)N1CCC(C)C(n2ccnc2)C1. The molecule has 2 aliphatic heterocycles. The van der Waals surface area contributed by atoms with Crippen LogP contribution in [-0.4, -0.2) is 89.1 Å². The number of guanidine groups is 1. The quantitative estimate of drug-likeness (QED) is 0.533. The highest BCUT2D eigenvalue weighted by Gasteiger charge is 2.29. The molecular formula is C25H39N7. The molecule has 1 N–H and O–H groups in total. The van der Waals surface area contributed by atoms with Crippen molar-refractivity contribution >= 4 is 5.96 Å². The zero-order valence-electron chi connectivity index (χ0n) is 19.7. The van der Waals surface area contributed by atoms with E-state index in [0.717, 1.165) is 71.4 Å². The zero-order chi connectivity index (χ0) is 22.2. The van der Waals surface area contributed by atoms with Crippen LogP contribution in [0.25, 0.3) is 0 Å². The molecule has 174 valence electrons. The fraction of sp³-hybridized carbons (Fsp3) is 0.600. The van der Waals surface area contributed by atoms with Crippen LogP contribution in [0.4, 0.5) is 0 Å². The Morgan fingerprint density at radius 3 is 2.59 bits per heavy atom. The van der Waals surface area contributed by atoms with Crippen molar-refractivity contribution in [1.82, 2.24) is 29.6 Å². The van der Waals surface area contributed by atoms with Crippen LogP contribution < -0.4 is 5.32 Å².